The first-order chi connectivity index (χ1) is 7.85. The van der Waals surface area contributed by atoms with Gasteiger partial charge >= 0.3 is 0 Å². The molecule has 0 aromatic carbocycles. The first-order valence-corrected chi connectivity index (χ1v) is 7.51. The number of aliphatic hydroxyl groups is 1. The second-order valence-electron chi connectivity index (χ2n) is 5.35. The molecule has 1 rings (SSSR count). The number of hydrogen-bond acceptors (Lipinski definition) is 4. The molecule has 17 heavy (non-hydrogen) atoms. The van der Waals surface area contributed by atoms with Crippen molar-refractivity contribution in [3.63, 3.8) is 0 Å². The summed E-state index contributed by atoms with van der Waals surface area (Å²) in [6.07, 6.45) is 2.80. The highest BCUT2D eigenvalue weighted by Gasteiger charge is 2.35. The Bertz CT molecular complexity index is 269. The maximum Gasteiger partial charge on any atom is 0.239 e. The summed E-state index contributed by atoms with van der Waals surface area (Å²) in [4.78, 5) is 13.8. The lowest BCUT2D eigenvalue weighted by Crippen LogP contribution is -2.47. The van der Waals surface area contributed by atoms with Crippen molar-refractivity contribution < 1.29 is 9.90 Å². The molecule has 2 N–H and O–H groups in total. The van der Waals surface area contributed by atoms with Gasteiger partial charge in [0.1, 0.15) is 0 Å². The molecule has 1 aliphatic rings. The third-order valence-electron chi connectivity index (χ3n) is 2.82. The number of amides is 1. The zero-order valence-electron chi connectivity index (χ0n) is 11.2. The number of β-amino-alcohol motifs (C(OH)–C–C–N with tert-alkyl or cyclic N) is 1. The average Bonchev–Trinajstić information content (AvgIpc) is 2.48. The van der Waals surface area contributed by atoms with E-state index in [1.165, 1.54) is 0 Å². The van der Waals surface area contributed by atoms with Crippen LogP contribution in [-0.2, 0) is 4.79 Å². The van der Waals surface area contributed by atoms with Crippen molar-refractivity contribution in [3.8, 4) is 0 Å². The molecular weight excluding hydrogens is 236 g/mol. The molecule has 4 nitrogen and oxygen atoms in total. The summed E-state index contributed by atoms with van der Waals surface area (Å²) >= 11 is 1.60. The molecule has 0 aliphatic carbocycles. The van der Waals surface area contributed by atoms with Gasteiger partial charge in [0, 0.05) is 24.9 Å². The van der Waals surface area contributed by atoms with Crippen molar-refractivity contribution in [1.82, 2.24) is 10.2 Å². The molecule has 0 bridgehead atoms. The van der Waals surface area contributed by atoms with E-state index in [4.69, 9.17) is 0 Å². The van der Waals surface area contributed by atoms with E-state index < -0.39 is 5.60 Å². The molecule has 0 aromatic heterocycles. The lowest BCUT2D eigenvalue weighted by molar-refractivity contribution is -0.132. The van der Waals surface area contributed by atoms with E-state index in [-0.39, 0.29) is 11.9 Å². The number of hydrogen-bond donors (Lipinski definition) is 2. The third-order valence-corrected chi connectivity index (χ3v) is 3.73. The molecule has 0 radical (unpaired) electrons. The van der Waals surface area contributed by atoms with Gasteiger partial charge < -0.3 is 15.3 Å². The van der Waals surface area contributed by atoms with Crippen LogP contribution in [0.15, 0.2) is 0 Å². The van der Waals surface area contributed by atoms with Gasteiger partial charge in [-0.15, -0.1) is 0 Å². The molecule has 1 amide bonds. The van der Waals surface area contributed by atoms with Gasteiger partial charge in [-0.2, -0.15) is 11.8 Å². The number of carbonyl (C=O) groups is 1. The number of carbonyl (C=O) groups excluding carboxylic acids is 1. The fourth-order valence-electron chi connectivity index (χ4n) is 2.22. The van der Waals surface area contributed by atoms with E-state index in [9.17, 15) is 9.90 Å². The van der Waals surface area contributed by atoms with E-state index in [2.05, 4.69) is 5.32 Å². The fourth-order valence-corrected chi connectivity index (χ4v) is 2.93. The minimum absolute atomic E-state index is 0.0694. The number of likely N-dealkylation sites (tertiary alicyclic amines) is 1. The van der Waals surface area contributed by atoms with Crippen LogP contribution in [0, 0.1) is 0 Å². The lowest BCUT2D eigenvalue weighted by Gasteiger charge is -2.28. The van der Waals surface area contributed by atoms with Gasteiger partial charge in [0.15, 0.2) is 0 Å². The largest absolute Gasteiger partial charge is 0.387 e. The highest BCUT2D eigenvalue weighted by atomic mass is 32.2. The molecule has 0 aromatic rings. The molecule has 2 unspecified atom stereocenters. The minimum Gasteiger partial charge on any atom is -0.387 e. The molecule has 1 aliphatic heterocycles. The topological polar surface area (TPSA) is 52.6 Å². The zero-order chi connectivity index (χ0) is 13.1. The highest BCUT2D eigenvalue weighted by Crippen LogP contribution is 2.18. The van der Waals surface area contributed by atoms with Crippen molar-refractivity contribution in [2.75, 3.05) is 25.1 Å². The van der Waals surface area contributed by atoms with Crippen LogP contribution in [-0.4, -0.2) is 58.7 Å². The van der Waals surface area contributed by atoms with E-state index in [0.29, 0.717) is 18.3 Å². The normalized spacial score (nSPS) is 24.5. The predicted octanol–water partition coefficient (Wildman–Crippen LogP) is 0.699. The van der Waals surface area contributed by atoms with Gasteiger partial charge in [-0.1, -0.05) is 13.8 Å². The summed E-state index contributed by atoms with van der Waals surface area (Å²) < 4.78 is 0. The first kappa shape index (κ1) is 14.8. The van der Waals surface area contributed by atoms with E-state index >= 15 is 0 Å². The Morgan fingerprint density at radius 1 is 1.65 bits per heavy atom. The highest BCUT2D eigenvalue weighted by molar-refractivity contribution is 7.98. The maximum absolute atomic E-state index is 12.1. The van der Waals surface area contributed by atoms with Gasteiger partial charge in [0.2, 0.25) is 5.91 Å². The Morgan fingerprint density at radius 3 is 2.82 bits per heavy atom. The summed E-state index contributed by atoms with van der Waals surface area (Å²) in [7, 11) is 0. The van der Waals surface area contributed by atoms with Crippen LogP contribution >= 0.6 is 11.8 Å². The molecule has 5 heteroatoms. The van der Waals surface area contributed by atoms with Crippen LogP contribution in [0.1, 0.15) is 27.2 Å². The molecule has 0 saturated carbocycles. The predicted molar refractivity (Wildman–Crippen MR) is 72.3 cm³/mol. The summed E-state index contributed by atoms with van der Waals surface area (Å²) in [5, 5.41) is 13.4. The molecule has 2 atom stereocenters. The molecule has 1 heterocycles. The van der Waals surface area contributed by atoms with Gasteiger partial charge in [0.05, 0.1) is 11.6 Å². The van der Waals surface area contributed by atoms with Crippen LogP contribution in [0.2, 0.25) is 0 Å². The SMILES string of the molecule is CSCC(C)(O)CN1CCC(NC(C)C)C1=O. The van der Waals surface area contributed by atoms with Crippen molar-refractivity contribution >= 4 is 17.7 Å². The first-order valence-electron chi connectivity index (χ1n) is 6.12. The van der Waals surface area contributed by atoms with Gasteiger partial charge in [-0.05, 0) is 19.6 Å². The molecular formula is C12H24N2O2S. The Labute approximate surface area is 108 Å². The molecule has 0 spiro atoms. The summed E-state index contributed by atoms with van der Waals surface area (Å²) in [6, 6.07) is 0.246. The van der Waals surface area contributed by atoms with E-state index in [0.717, 1.165) is 13.0 Å². The maximum atomic E-state index is 12.1. The average molecular weight is 260 g/mol. The van der Waals surface area contributed by atoms with Crippen molar-refractivity contribution in [2.24, 2.45) is 0 Å². The lowest BCUT2D eigenvalue weighted by atomic mass is 10.1. The third kappa shape index (κ3) is 4.48. The van der Waals surface area contributed by atoms with Crippen LogP contribution in [0.3, 0.4) is 0 Å². The number of nitrogens with zero attached hydrogens (tertiary/aromatic N) is 1. The van der Waals surface area contributed by atoms with Crippen molar-refractivity contribution in [3.05, 3.63) is 0 Å². The smallest absolute Gasteiger partial charge is 0.239 e. The van der Waals surface area contributed by atoms with Crippen LogP contribution < -0.4 is 5.32 Å². The summed E-state index contributed by atoms with van der Waals surface area (Å²) in [5.41, 5.74) is -0.790. The second-order valence-corrected chi connectivity index (χ2v) is 6.22. The zero-order valence-corrected chi connectivity index (χ0v) is 12.0. The van der Waals surface area contributed by atoms with Crippen LogP contribution in [0.25, 0.3) is 0 Å². The Hall–Kier alpha value is -0.260. The van der Waals surface area contributed by atoms with E-state index in [1.807, 2.05) is 20.1 Å². The monoisotopic (exact) mass is 260 g/mol. The quantitative estimate of drug-likeness (QED) is 0.738. The van der Waals surface area contributed by atoms with Gasteiger partial charge in [-0.3, -0.25) is 4.79 Å². The van der Waals surface area contributed by atoms with Crippen molar-refractivity contribution in [2.45, 2.75) is 44.9 Å². The van der Waals surface area contributed by atoms with Gasteiger partial charge in [0.25, 0.3) is 0 Å². The molecule has 1 saturated heterocycles. The Balaban J connectivity index is 2.50. The van der Waals surface area contributed by atoms with Crippen LogP contribution in [0.5, 0.6) is 0 Å². The number of thioether (sulfide) groups is 1. The summed E-state index contributed by atoms with van der Waals surface area (Å²) in [6.45, 7) is 7.05. The molecule has 100 valence electrons. The van der Waals surface area contributed by atoms with Crippen LogP contribution in [0.4, 0.5) is 0 Å². The number of nitrogens with one attached hydrogen (secondary N) is 1. The Kier molecular flexibility index (Phi) is 5.28. The van der Waals surface area contributed by atoms with Gasteiger partial charge in [-0.25, -0.2) is 0 Å². The fraction of sp³-hybridized carbons (Fsp3) is 0.917. The summed E-state index contributed by atoms with van der Waals surface area (Å²) in [5.74, 6) is 0.777. The standard InChI is InChI=1S/C12H24N2O2S/c1-9(2)13-10-5-6-14(11(10)15)7-12(3,16)8-17-4/h9-10,13,16H,5-8H2,1-4H3. The second kappa shape index (κ2) is 6.07. The van der Waals surface area contributed by atoms with E-state index in [1.54, 1.807) is 23.6 Å². The molecule has 1 fully saturated rings. The Morgan fingerprint density at radius 2 is 2.29 bits per heavy atom. The van der Waals surface area contributed by atoms with Crippen molar-refractivity contribution in [1.29, 1.82) is 0 Å². The minimum atomic E-state index is -0.790. The number of rotatable bonds is 6.